The van der Waals surface area contributed by atoms with Crippen LogP contribution >= 0.6 is 11.3 Å². The lowest BCUT2D eigenvalue weighted by molar-refractivity contribution is 0.0955. The number of pyridine rings is 1. The van der Waals surface area contributed by atoms with Gasteiger partial charge in [0.05, 0.1) is 4.88 Å². The number of carbonyl (C=O) groups excluding carboxylic acids is 1. The molecule has 1 aliphatic rings. The summed E-state index contributed by atoms with van der Waals surface area (Å²) in [6.45, 7) is 6.97. The number of carbonyl (C=O) groups is 1. The van der Waals surface area contributed by atoms with Gasteiger partial charge in [-0.25, -0.2) is 4.98 Å². The molecule has 24 heavy (non-hydrogen) atoms. The zero-order chi connectivity index (χ0) is 16.9. The highest BCUT2D eigenvalue weighted by molar-refractivity contribution is 7.14. The third-order valence-corrected chi connectivity index (χ3v) is 5.55. The zero-order valence-electron chi connectivity index (χ0n) is 14.5. The van der Waals surface area contributed by atoms with Gasteiger partial charge in [0, 0.05) is 30.7 Å². The Bertz CT molecular complexity index is 704. The first-order valence-electron chi connectivity index (χ1n) is 8.74. The highest BCUT2D eigenvalue weighted by atomic mass is 32.1. The van der Waals surface area contributed by atoms with Gasteiger partial charge in [-0.3, -0.25) is 4.79 Å². The van der Waals surface area contributed by atoms with Gasteiger partial charge in [-0.15, -0.1) is 11.3 Å². The van der Waals surface area contributed by atoms with Crippen LogP contribution in [0.5, 0.6) is 0 Å². The summed E-state index contributed by atoms with van der Waals surface area (Å²) in [6, 6.07) is 6.11. The van der Waals surface area contributed by atoms with E-state index in [9.17, 15) is 4.79 Å². The monoisotopic (exact) mass is 343 g/mol. The van der Waals surface area contributed by atoms with Crippen molar-refractivity contribution >= 4 is 23.1 Å². The van der Waals surface area contributed by atoms with E-state index in [0.29, 0.717) is 6.54 Å². The molecule has 0 aliphatic carbocycles. The Labute approximate surface area is 147 Å². The fourth-order valence-corrected chi connectivity index (χ4v) is 4.10. The molecule has 0 saturated carbocycles. The van der Waals surface area contributed by atoms with Gasteiger partial charge in [-0.2, -0.15) is 0 Å². The van der Waals surface area contributed by atoms with Crippen LogP contribution in [0.4, 0.5) is 5.82 Å². The Kier molecular flexibility index (Phi) is 5.51. The quantitative estimate of drug-likeness (QED) is 0.864. The topological polar surface area (TPSA) is 45.2 Å². The summed E-state index contributed by atoms with van der Waals surface area (Å²) in [6.07, 6.45) is 6.46. The Balaban J connectivity index is 1.61. The van der Waals surface area contributed by atoms with Gasteiger partial charge in [-0.1, -0.05) is 13.3 Å². The molecule has 0 spiro atoms. The molecule has 1 aliphatic heterocycles. The van der Waals surface area contributed by atoms with E-state index < -0.39 is 0 Å². The van der Waals surface area contributed by atoms with Crippen LogP contribution in [0.3, 0.4) is 0 Å². The minimum Gasteiger partial charge on any atom is -0.357 e. The highest BCUT2D eigenvalue weighted by Gasteiger charge is 2.15. The maximum absolute atomic E-state index is 12.4. The lowest BCUT2D eigenvalue weighted by atomic mass is 10.1. The molecule has 0 atom stereocenters. The number of hydrogen-bond acceptors (Lipinski definition) is 4. The average Bonchev–Trinajstić information content (AvgIpc) is 3.24. The summed E-state index contributed by atoms with van der Waals surface area (Å²) in [5.74, 6) is 1.04. The van der Waals surface area contributed by atoms with Crippen LogP contribution in [0.25, 0.3) is 0 Å². The van der Waals surface area contributed by atoms with Crippen LogP contribution in [0.15, 0.2) is 24.4 Å². The van der Waals surface area contributed by atoms with Crippen LogP contribution in [0.2, 0.25) is 0 Å². The molecule has 3 rings (SSSR count). The number of anilines is 1. The lowest BCUT2D eigenvalue weighted by Gasteiger charge is -2.16. The summed E-state index contributed by atoms with van der Waals surface area (Å²) in [5.41, 5.74) is 2.40. The molecule has 2 aromatic heterocycles. The third-order valence-electron chi connectivity index (χ3n) is 4.46. The number of aromatic nitrogens is 1. The van der Waals surface area contributed by atoms with Crippen LogP contribution in [-0.4, -0.2) is 24.0 Å². The summed E-state index contributed by atoms with van der Waals surface area (Å²) >= 11 is 1.59. The number of rotatable bonds is 6. The van der Waals surface area contributed by atoms with Gasteiger partial charge in [0.15, 0.2) is 0 Å². The van der Waals surface area contributed by atoms with Crippen LogP contribution in [0, 0.1) is 6.92 Å². The summed E-state index contributed by atoms with van der Waals surface area (Å²) < 4.78 is 0. The van der Waals surface area contributed by atoms with E-state index in [0.717, 1.165) is 42.2 Å². The summed E-state index contributed by atoms with van der Waals surface area (Å²) in [4.78, 5) is 21.2. The molecule has 1 saturated heterocycles. The predicted octanol–water partition coefficient (Wildman–Crippen LogP) is 3.93. The van der Waals surface area contributed by atoms with Crippen molar-refractivity contribution in [2.24, 2.45) is 0 Å². The predicted molar refractivity (Wildman–Crippen MR) is 99.9 cm³/mol. The zero-order valence-corrected chi connectivity index (χ0v) is 15.3. The molecule has 3 heterocycles. The molecule has 1 N–H and O–H groups in total. The van der Waals surface area contributed by atoms with Crippen molar-refractivity contribution in [3.63, 3.8) is 0 Å². The number of thiophene rings is 1. The fraction of sp³-hybridized carbons (Fsp3) is 0.474. The first-order chi connectivity index (χ1) is 11.7. The second-order valence-corrected chi connectivity index (χ2v) is 7.60. The van der Waals surface area contributed by atoms with E-state index in [4.69, 9.17) is 0 Å². The Morgan fingerprint density at radius 3 is 2.88 bits per heavy atom. The van der Waals surface area contributed by atoms with Gasteiger partial charge in [-0.05, 0) is 55.5 Å². The first kappa shape index (κ1) is 17.0. The molecule has 0 unspecified atom stereocenters. The summed E-state index contributed by atoms with van der Waals surface area (Å²) in [7, 11) is 0. The largest absolute Gasteiger partial charge is 0.357 e. The molecule has 128 valence electrons. The Morgan fingerprint density at radius 1 is 1.33 bits per heavy atom. The third kappa shape index (κ3) is 3.96. The second kappa shape index (κ2) is 7.79. The van der Waals surface area contributed by atoms with Crippen molar-refractivity contribution in [1.82, 2.24) is 10.3 Å². The molecule has 1 fully saturated rings. The molecule has 0 aromatic carbocycles. The smallest absolute Gasteiger partial charge is 0.261 e. The van der Waals surface area contributed by atoms with E-state index >= 15 is 0 Å². The number of nitrogens with one attached hydrogen (secondary N) is 1. The van der Waals surface area contributed by atoms with E-state index in [1.165, 1.54) is 23.3 Å². The molecular formula is C19H25N3OS. The standard InChI is InChI=1S/C19H25N3OS/c1-3-6-16-12-17(24-14(16)2)19(23)21-13-15-7-8-20-18(11-15)22-9-4-5-10-22/h7-8,11-12H,3-6,9-10,13H2,1-2H3,(H,21,23). The van der Waals surface area contributed by atoms with Gasteiger partial charge in [0.2, 0.25) is 0 Å². The van der Waals surface area contributed by atoms with E-state index in [1.54, 1.807) is 11.3 Å². The number of aryl methyl sites for hydroxylation is 2. The van der Waals surface area contributed by atoms with E-state index in [1.807, 2.05) is 18.3 Å². The SMILES string of the molecule is CCCc1cc(C(=O)NCc2ccnc(N3CCCC3)c2)sc1C. The molecule has 1 amide bonds. The summed E-state index contributed by atoms with van der Waals surface area (Å²) in [5, 5.41) is 3.04. The molecule has 0 bridgehead atoms. The lowest BCUT2D eigenvalue weighted by Crippen LogP contribution is -2.23. The molecule has 0 radical (unpaired) electrons. The normalized spacial score (nSPS) is 14.2. The van der Waals surface area contributed by atoms with Crippen molar-refractivity contribution in [2.75, 3.05) is 18.0 Å². The maximum atomic E-state index is 12.4. The van der Waals surface area contributed by atoms with Crippen molar-refractivity contribution < 1.29 is 4.79 Å². The maximum Gasteiger partial charge on any atom is 0.261 e. The average molecular weight is 343 g/mol. The Hall–Kier alpha value is -1.88. The minimum absolute atomic E-state index is 0.0185. The van der Waals surface area contributed by atoms with E-state index in [-0.39, 0.29) is 5.91 Å². The van der Waals surface area contributed by atoms with Crippen molar-refractivity contribution in [1.29, 1.82) is 0 Å². The molecular weight excluding hydrogens is 318 g/mol. The van der Waals surface area contributed by atoms with Gasteiger partial charge in [0.25, 0.3) is 5.91 Å². The first-order valence-corrected chi connectivity index (χ1v) is 9.56. The molecule has 2 aromatic rings. The number of nitrogens with zero attached hydrogens (tertiary/aromatic N) is 2. The number of amides is 1. The van der Waals surface area contributed by atoms with Gasteiger partial charge < -0.3 is 10.2 Å². The van der Waals surface area contributed by atoms with Crippen LogP contribution in [-0.2, 0) is 13.0 Å². The van der Waals surface area contributed by atoms with Crippen LogP contribution in [0.1, 0.15) is 51.9 Å². The molecule has 4 nitrogen and oxygen atoms in total. The second-order valence-electron chi connectivity index (χ2n) is 6.34. The fourth-order valence-electron chi connectivity index (χ4n) is 3.11. The van der Waals surface area contributed by atoms with Crippen LogP contribution < -0.4 is 10.2 Å². The van der Waals surface area contributed by atoms with Gasteiger partial charge >= 0.3 is 0 Å². The minimum atomic E-state index is 0.0185. The highest BCUT2D eigenvalue weighted by Crippen LogP contribution is 2.23. The Morgan fingerprint density at radius 2 is 2.12 bits per heavy atom. The van der Waals surface area contributed by atoms with Crippen molar-refractivity contribution in [3.05, 3.63) is 45.3 Å². The molecule has 5 heteroatoms. The van der Waals surface area contributed by atoms with Crippen molar-refractivity contribution in [2.45, 2.75) is 46.1 Å². The van der Waals surface area contributed by atoms with E-state index in [2.05, 4.69) is 35.1 Å². The number of hydrogen-bond donors (Lipinski definition) is 1. The van der Waals surface area contributed by atoms with Gasteiger partial charge in [0.1, 0.15) is 5.82 Å². The van der Waals surface area contributed by atoms with Crippen molar-refractivity contribution in [3.8, 4) is 0 Å².